The second-order valence-corrected chi connectivity index (χ2v) is 6.55. The minimum atomic E-state index is -0.641. The van der Waals surface area contributed by atoms with Crippen LogP contribution in [0.15, 0.2) is 24.3 Å². The summed E-state index contributed by atoms with van der Waals surface area (Å²) in [5.74, 6) is -0.459. The van der Waals surface area contributed by atoms with Crippen LogP contribution >= 0.6 is 0 Å². The summed E-state index contributed by atoms with van der Waals surface area (Å²) in [4.78, 5) is 38.0. The lowest BCUT2D eigenvalue weighted by Crippen LogP contribution is -2.63. The standard InChI is InChI=1S/C16H22N3O3/c1-12-5-7-13(8-6-12)9-10-17-15(21)19(16(2,3)4)14(20)11-18(17)22/h5-8H,9-11H2,1-4H3/q+1. The molecule has 1 aliphatic heterocycles. The van der Waals surface area contributed by atoms with E-state index in [1.54, 1.807) is 20.8 Å². The summed E-state index contributed by atoms with van der Waals surface area (Å²) in [5, 5.41) is 1.10. The van der Waals surface area contributed by atoms with E-state index < -0.39 is 17.5 Å². The number of benzene rings is 1. The van der Waals surface area contributed by atoms with Gasteiger partial charge in [0.15, 0.2) is 0 Å². The van der Waals surface area contributed by atoms with Gasteiger partial charge in [0, 0.05) is 5.54 Å². The monoisotopic (exact) mass is 304 g/mol. The lowest BCUT2D eigenvalue weighted by Gasteiger charge is -2.36. The number of imide groups is 1. The van der Waals surface area contributed by atoms with Gasteiger partial charge in [0.2, 0.25) is 0 Å². The van der Waals surface area contributed by atoms with Crippen LogP contribution in [0, 0.1) is 11.8 Å². The van der Waals surface area contributed by atoms with Gasteiger partial charge in [-0.05, 0) is 44.7 Å². The fourth-order valence-corrected chi connectivity index (χ4v) is 2.45. The maximum Gasteiger partial charge on any atom is 0.384 e. The summed E-state index contributed by atoms with van der Waals surface area (Å²) in [7, 11) is 0. The summed E-state index contributed by atoms with van der Waals surface area (Å²) in [6.45, 7) is 7.27. The Kier molecular flexibility index (Phi) is 4.30. The van der Waals surface area contributed by atoms with Crippen molar-refractivity contribution in [3.63, 3.8) is 0 Å². The number of aryl methyl sites for hydroxylation is 1. The minimum absolute atomic E-state index is 0.255. The molecule has 118 valence electrons. The topological polar surface area (TPSA) is 60.7 Å². The molecule has 1 heterocycles. The Morgan fingerprint density at radius 2 is 1.73 bits per heavy atom. The van der Waals surface area contributed by atoms with E-state index in [9.17, 15) is 14.5 Å². The third kappa shape index (κ3) is 3.32. The number of nitrogens with zero attached hydrogens (tertiary/aromatic N) is 3. The number of urea groups is 1. The number of nitroso groups, excluding NO2 is 1. The molecule has 0 unspecified atom stereocenters. The van der Waals surface area contributed by atoms with Gasteiger partial charge in [-0.15, -0.1) is 0 Å². The highest BCUT2D eigenvalue weighted by atomic mass is 16.3. The fraction of sp³-hybridized carbons (Fsp3) is 0.500. The van der Waals surface area contributed by atoms with E-state index in [-0.39, 0.29) is 13.1 Å². The van der Waals surface area contributed by atoms with Crippen molar-refractivity contribution in [2.45, 2.75) is 39.7 Å². The Bertz CT molecular complexity index is 602. The average Bonchev–Trinajstić information content (AvgIpc) is 2.38. The Morgan fingerprint density at radius 1 is 1.14 bits per heavy atom. The molecule has 3 amide bonds. The molecule has 1 saturated heterocycles. The van der Waals surface area contributed by atoms with Crippen molar-refractivity contribution in [3.05, 3.63) is 40.3 Å². The molecule has 0 aromatic heterocycles. The highest BCUT2D eigenvalue weighted by Gasteiger charge is 2.48. The van der Waals surface area contributed by atoms with Gasteiger partial charge >= 0.3 is 18.5 Å². The van der Waals surface area contributed by atoms with Gasteiger partial charge in [-0.1, -0.05) is 29.8 Å². The molecule has 6 nitrogen and oxygen atoms in total. The number of hydrogen-bond donors (Lipinski definition) is 0. The van der Waals surface area contributed by atoms with E-state index in [2.05, 4.69) is 0 Å². The molecule has 1 aromatic rings. The first-order chi connectivity index (χ1) is 10.2. The quantitative estimate of drug-likeness (QED) is 0.805. The van der Waals surface area contributed by atoms with Gasteiger partial charge in [0.25, 0.3) is 0 Å². The number of carbonyl (C=O) groups excluding carboxylic acids is 2. The molecule has 0 N–H and O–H groups in total. The second kappa shape index (κ2) is 5.87. The highest BCUT2D eigenvalue weighted by Crippen LogP contribution is 2.20. The molecule has 1 fully saturated rings. The largest absolute Gasteiger partial charge is 0.384 e. The molecular weight excluding hydrogens is 282 g/mol. The van der Waals surface area contributed by atoms with Crippen LogP contribution in [0.3, 0.4) is 0 Å². The zero-order chi connectivity index (χ0) is 16.5. The Hall–Kier alpha value is -2.24. The fourth-order valence-electron chi connectivity index (χ4n) is 2.45. The highest BCUT2D eigenvalue weighted by molar-refractivity contribution is 5.96. The van der Waals surface area contributed by atoms with Gasteiger partial charge in [-0.2, -0.15) is 0 Å². The van der Waals surface area contributed by atoms with Crippen LogP contribution in [0.5, 0.6) is 0 Å². The van der Waals surface area contributed by atoms with Crippen LogP contribution in [-0.4, -0.2) is 45.3 Å². The molecule has 1 aliphatic rings. The molecule has 0 bridgehead atoms. The zero-order valence-corrected chi connectivity index (χ0v) is 13.5. The Balaban J connectivity index is 2.12. The summed E-state index contributed by atoms with van der Waals surface area (Å²) in [5.41, 5.74) is 1.57. The van der Waals surface area contributed by atoms with E-state index in [0.717, 1.165) is 21.0 Å². The SMILES string of the molecule is Cc1ccc(CCN2C(=O)N(C(C)(C)C)C(=O)C[N+]2=O)cc1. The van der Waals surface area contributed by atoms with Gasteiger partial charge in [0.1, 0.15) is 4.87 Å². The number of hydrazine groups is 1. The summed E-state index contributed by atoms with van der Waals surface area (Å²) < 4.78 is 0. The Labute approximate surface area is 130 Å². The lowest BCUT2D eigenvalue weighted by atomic mass is 10.1. The van der Waals surface area contributed by atoms with Gasteiger partial charge in [0.05, 0.1) is 11.5 Å². The van der Waals surface area contributed by atoms with E-state index >= 15 is 0 Å². The first-order valence-corrected chi connectivity index (χ1v) is 7.35. The predicted molar refractivity (Wildman–Crippen MR) is 82.1 cm³/mol. The first kappa shape index (κ1) is 16.1. The maximum absolute atomic E-state index is 12.5. The van der Waals surface area contributed by atoms with Gasteiger partial charge in [-0.3, -0.25) is 4.79 Å². The Morgan fingerprint density at radius 3 is 2.27 bits per heavy atom. The normalized spacial score (nSPS) is 16.5. The molecule has 1 aromatic carbocycles. The van der Waals surface area contributed by atoms with Gasteiger partial charge < -0.3 is 0 Å². The second-order valence-electron chi connectivity index (χ2n) is 6.55. The molecular formula is C16H22N3O3+. The molecule has 0 atom stereocenters. The molecule has 6 heteroatoms. The smallest absolute Gasteiger partial charge is 0.267 e. The van der Waals surface area contributed by atoms with Crippen molar-refractivity contribution in [1.29, 1.82) is 0 Å². The molecule has 0 spiro atoms. The number of carbonyl (C=O) groups is 2. The van der Waals surface area contributed by atoms with Crippen molar-refractivity contribution in [3.8, 4) is 0 Å². The van der Waals surface area contributed by atoms with Crippen molar-refractivity contribution in [1.82, 2.24) is 9.91 Å². The van der Waals surface area contributed by atoms with Crippen molar-refractivity contribution >= 4 is 11.9 Å². The average molecular weight is 304 g/mol. The summed E-state index contributed by atoms with van der Waals surface area (Å²) in [6.07, 6.45) is 0.566. The third-order valence-electron chi connectivity index (χ3n) is 3.60. The number of rotatable bonds is 3. The van der Waals surface area contributed by atoms with Crippen molar-refractivity contribution in [2.75, 3.05) is 13.1 Å². The van der Waals surface area contributed by atoms with Crippen LogP contribution in [0.1, 0.15) is 31.9 Å². The molecule has 0 radical (unpaired) electrons. The number of hydrogen-bond acceptors (Lipinski definition) is 3. The van der Waals surface area contributed by atoms with E-state index in [1.807, 2.05) is 31.2 Å². The molecule has 0 saturated carbocycles. The predicted octanol–water partition coefficient (Wildman–Crippen LogP) is 2.29. The van der Waals surface area contributed by atoms with E-state index in [0.29, 0.717) is 11.3 Å². The maximum atomic E-state index is 12.5. The van der Waals surface area contributed by atoms with Crippen molar-refractivity contribution in [2.24, 2.45) is 0 Å². The first-order valence-electron chi connectivity index (χ1n) is 7.35. The van der Waals surface area contributed by atoms with Crippen LogP contribution in [0.2, 0.25) is 0 Å². The van der Waals surface area contributed by atoms with E-state index in [1.165, 1.54) is 0 Å². The molecule has 22 heavy (non-hydrogen) atoms. The molecule has 0 aliphatic carbocycles. The summed E-state index contributed by atoms with van der Waals surface area (Å²) in [6, 6.07) is 7.39. The van der Waals surface area contributed by atoms with Crippen LogP contribution in [0.25, 0.3) is 0 Å². The van der Waals surface area contributed by atoms with Crippen LogP contribution in [0.4, 0.5) is 4.79 Å². The zero-order valence-electron chi connectivity index (χ0n) is 13.5. The van der Waals surface area contributed by atoms with Crippen molar-refractivity contribution < 1.29 is 14.5 Å². The van der Waals surface area contributed by atoms with E-state index in [4.69, 9.17) is 0 Å². The lowest BCUT2D eigenvalue weighted by molar-refractivity contribution is -0.684. The van der Waals surface area contributed by atoms with Gasteiger partial charge in [-0.25, -0.2) is 9.69 Å². The van der Waals surface area contributed by atoms with Crippen LogP contribution in [-0.2, 0) is 11.2 Å². The number of amides is 3. The summed E-state index contributed by atoms with van der Waals surface area (Å²) >= 11 is 0. The molecule has 2 rings (SSSR count). The van der Waals surface area contributed by atoms with Crippen LogP contribution < -0.4 is 0 Å². The minimum Gasteiger partial charge on any atom is -0.267 e. The third-order valence-corrected chi connectivity index (χ3v) is 3.60.